The number of aliphatic imine (C=N–C) groups is 1. The van der Waals surface area contributed by atoms with E-state index in [1.54, 1.807) is 35.9 Å². The van der Waals surface area contributed by atoms with Gasteiger partial charge in [-0.15, -0.1) is 0 Å². The van der Waals surface area contributed by atoms with Crippen molar-refractivity contribution in [3.8, 4) is 0 Å². The van der Waals surface area contributed by atoms with Crippen molar-refractivity contribution in [1.29, 1.82) is 0 Å². The summed E-state index contributed by atoms with van der Waals surface area (Å²) in [5.41, 5.74) is 4.84. The first-order valence-electron chi connectivity index (χ1n) is 13.1. The fourth-order valence-electron chi connectivity index (χ4n) is 4.55. The van der Waals surface area contributed by atoms with Crippen LogP contribution >= 0.6 is 0 Å². The highest BCUT2D eigenvalue weighted by Gasteiger charge is 2.36. The summed E-state index contributed by atoms with van der Waals surface area (Å²) >= 11 is 0. The van der Waals surface area contributed by atoms with Crippen molar-refractivity contribution in [1.82, 2.24) is 9.80 Å². The molecular weight excluding hydrogens is 490 g/mol. The van der Waals surface area contributed by atoms with Gasteiger partial charge in [0.2, 0.25) is 11.8 Å². The molecule has 202 valence electrons. The molecule has 1 heterocycles. The first-order chi connectivity index (χ1) is 18.7. The molecule has 1 atom stereocenters. The Bertz CT molecular complexity index is 1380. The van der Waals surface area contributed by atoms with Gasteiger partial charge < -0.3 is 20.0 Å². The summed E-state index contributed by atoms with van der Waals surface area (Å²) in [6.07, 6.45) is 0. The highest BCUT2D eigenvalue weighted by molar-refractivity contribution is 6.24. The van der Waals surface area contributed by atoms with Crippen LogP contribution in [0.25, 0.3) is 0 Å². The van der Waals surface area contributed by atoms with E-state index in [0.29, 0.717) is 35.7 Å². The van der Waals surface area contributed by atoms with E-state index in [9.17, 15) is 14.4 Å². The number of benzene rings is 3. The molecule has 1 aliphatic rings. The van der Waals surface area contributed by atoms with Gasteiger partial charge in [0.1, 0.15) is 5.92 Å². The van der Waals surface area contributed by atoms with Gasteiger partial charge in [0.05, 0.1) is 11.4 Å². The van der Waals surface area contributed by atoms with Gasteiger partial charge in [-0.05, 0) is 68.5 Å². The number of nitrogens with zero attached hydrogens (tertiary/aromatic N) is 4. The molecule has 4 rings (SSSR count). The summed E-state index contributed by atoms with van der Waals surface area (Å²) in [6, 6.07) is 22.4. The van der Waals surface area contributed by atoms with Crippen molar-refractivity contribution >= 4 is 40.5 Å². The summed E-state index contributed by atoms with van der Waals surface area (Å²) in [6.45, 7) is 5.40. The predicted molar refractivity (Wildman–Crippen MR) is 156 cm³/mol. The van der Waals surface area contributed by atoms with Crippen LogP contribution in [0.2, 0.25) is 0 Å². The normalized spacial score (nSPS) is 14.7. The van der Waals surface area contributed by atoms with Gasteiger partial charge in [-0.3, -0.25) is 19.4 Å². The van der Waals surface area contributed by atoms with Crippen molar-refractivity contribution in [2.24, 2.45) is 4.99 Å². The number of amides is 3. The lowest BCUT2D eigenvalue weighted by Crippen LogP contribution is -2.35. The molecule has 0 saturated carbocycles. The lowest BCUT2D eigenvalue weighted by atomic mass is 9.90. The van der Waals surface area contributed by atoms with Gasteiger partial charge in [0.15, 0.2) is 0 Å². The standard InChI is InChI=1S/C31H35N5O3/c1-6-35(5)31(39)23-12-17-26-27(20-23)33-30(38)28(26)29(22-10-8-7-9-11-22)32-24-13-15-25(16-14-24)36(21(2)37)19-18-34(3)4/h7-17,20,28H,6,18-19H2,1-5H3,(H,33,38). The molecule has 3 amide bonds. The highest BCUT2D eigenvalue weighted by atomic mass is 16.2. The predicted octanol–water partition coefficient (Wildman–Crippen LogP) is 4.55. The Morgan fingerprint density at radius 2 is 1.59 bits per heavy atom. The number of anilines is 2. The molecule has 1 aliphatic heterocycles. The number of carbonyl (C=O) groups is 3. The average Bonchev–Trinajstić information content (AvgIpc) is 3.26. The molecule has 3 aromatic carbocycles. The van der Waals surface area contributed by atoms with Crippen LogP contribution in [0.5, 0.6) is 0 Å². The highest BCUT2D eigenvalue weighted by Crippen LogP contribution is 2.37. The Labute approximate surface area is 229 Å². The maximum Gasteiger partial charge on any atom is 0.253 e. The van der Waals surface area contributed by atoms with Crippen molar-refractivity contribution in [2.75, 3.05) is 51.0 Å². The Morgan fingerprint density at radius 1 is 0.897 bits per heavy atom. The van der Waals surface area contributed by atoms with Crippen molar-refractivity contribution in [3.63, 3.8) is 0 Å². The summed E-state index contributed by atoms with van der Waals surface area (Å²) in [5, 5.41) is 2.96. The van der Waals surface area contributed by atoms with Gasteiger partial charge >= 0.3 is 0 Å². The van der Waals surface area contributed by atoms with E-state index in [0.717, 1.165) is 23.4 Å². The Morgan fingerprint density at radius 3 is 2.21 bits per heavy atom. The van der Waals surface area contributed by atoms with Crippen LogP contribution in [-0.4, -0.2) is 74.0 Å². The molecule has 8 heteroatoms. The average molecular weight is 526 g/mol. The second-order valence-electron chi connectivity index (χ2n) is 9.90. The number of nitrogens with one attached hydrogen (secondary N) is 1. The quantitative estimate of drug-likeness (QED) is 0.416. The van der Waals surface area contributed by atoms with E-state index in [-0.39, 0.29) is 17.7 Å². The smallest absolute Gasteiger partial charge is 0.253 e. The van der Waals surface area contributed by atoms with Crippen LogP contribution in [0.4, 0.5) is 17.1 Å². The Balaban J connectivity index is 1.71. The molecule has 0 aromatic heterocycles. The first kappa shape index (κ1) is 27.7. The molecular formula is C31H35N5O3. The fraction of sp³-hybridized carbons (Fsp3) is 0.290. The minimum Gasteiger partial charge on any atom is -0.342 e. The molecule has 3 aromatic rings. The number of rotatable bonds is 9. The topological polar surface area (TPSA) is 85.3 Å². The van der Waals surface area contributed by atoms with E-state index in [4.69, 9.17) is 4.99 Å². The molecule has 0 spiro atoms. The zero-order chi connectivity index (χ0) is 28.1. The summed E-state index contributed by atoms with van der Waals surface area (Å²) < 4.78 is 0. The molecule has 0 radical (unpaired) electrons. The largest absolute Gasteiger partial charge is 0.342 e. The van der Waals surface area contributed by atoms with Gasteiger partial charge in [-0.25, -0.2) is 0 Å². The molecule has 0 fully saturated rings. The van der Waals surface area contributed by atoms with Crippen molar-refractivity contribution in [2.45, 2.75) is 19.8 Å². The van der Waals surface area contributed by atoms with Crippen LogP contribution in [-0.2, 0) is 9.59 Å². The molecule has 0 aliphatic carbocycles. The Hall–Kier alpha value is -4.30. The van der Waals surface area contributed by atoms with E-state index in [1.165, 1.54) is 0 Å². The third kappa shape index (κ3) is 6.23. The molecule has 0 bridgehead atoms. The third-order valence-electron chi connectivity index (χ3n) is 6.86. The lowest BCUT2D eigenvalue weighted by molar-refractivity contribution is -0.117. The van der Waals surface area contributed by atoms with Crippen molar-refractivity contribution < 1.29 is 14.4 Å². The van der Waals surface area contributed by atoms with E-state index in [1.807, 2.05) is 86.6 Å². The van der Waals surface area contributed by atoms with Gasteiger partial charge in [0.25, 0.3) is 5.91 Å². The summed E-state index contributed by atoms with van der Waals surface area (Å²) in [4.78, 5) is 48.6. The molecule has 1 unspecified atom stereocenters. The van der Waals surface area contributed by atoms with E-state index in [2.05, 4.69) is 5.32 Å². The van der Waals surface area contributed by atoms with Gasteiger partial charge in [-0.1, -0.05) is 36.4 Å². The molecule has 39 heavy (non-hydrogen) atoms. The minimum atomic E-state index is -0.635. The third-order valence-corrected chi connectivity index (χ3v) is 6.86. The molecule has 1 N–H and O–H groups in total. The van der Waals surface area contributed by atoms with Gasteiger partial charge in [-0.2, -0.15) is 0 Å². The van der Waals surface area contributed by atoms with Crippen LogP contribution in [0, 0.1) is 0 Å². The second-order valence-corrected chi connectivity index (χ2v) is 9.90. The Kier molecular flexibility index (Phi) is 8.56. The number of fused-ring (bicyclic) bond motifs is 1. The van der Waals surface area contributed by atoms with Crippen LogP contribution in [0.1, 0.15) is 41.3 Å². The number of hydrogen-bond donors (Lipinski definition) is 1. The minimum absolute atomic E-state index is 0.0275. The fourth-order valence-corrected chi connectivity index (χ4v) is 4.55. The number of hydrogen-bond acceptors (Lipinski definition) is 5. The SMILES string of the molecule is CCN(C)C(=O)c1ccc2c(c1)NC(=O)C2C(=Nc1ccc(N(CCN(C)C)C(C)=O)cc1)c1ccccc1. The zero-order valence-electron chi connectivity index (χ0n) is 23.1. The number of likely N-dealkylation sites (N-methyl/N-ethyl adjacent to an activating group) is 1. The van der Waals surface area contributed by atoms with Crippen LogP contribution in [0.3, 0.4) is 0 Å². The van der Waals surface area contributed by atoms with Crippen molar-refractivity contribution in [3.05, 3.63) is 89.5 Å². The zero-order valence-corrected chi connectivity index (χ0v) is 23.1. The summed E-state index contributed by atoms with van der Waals surface area (Å²) in [5.74, 6) is -0.950. The number of carbonyl (C=O) groups excluding carboxylic acids is 3. The monoisotopic (exact) mass is 525 g/mol. The summed E-state index contributed by atoms with van der Waals surface area (Å²) in [7, 11) is 5.70. The molecule has 0 saturated heterocycles. The van der Waals surface area contributed by atoms with Crippen LogP contribution < -0.4 is 10.2 Å². The van der Waals surface area contributed by atoms with Crippen LogP contribution in [0.15, 0.2) is 77.8 Å². The second kappa shape index (κ2) is 12.0. The maximum atomic E-state index is 13.3. The van der Waals surface area contributed by atoms with E-state index < -0.39 is 5.92 Å². The van der Waals surface area contributed by atoms with E-state index >= 15 is 0 Å². The lowest BCUT2D eigenvalue weighted by Gasteiger charge is -2.23. The van der Waals surface area contributed by atoms with Gasteiger partial charge in [0, 0.05) is 50.5 Å². The first-order valence-corrected chi connectivity index (χ1v) is 13.1. The molecule has 8 nitrogen and oxygen atoms in total. The maximum absolute atomic E-state index is 13.3.